The molecular weight excluding hydrogens is 433 g/mol. The first-order chi connectivity index (χ1) is 16.3. The number of rotatable bonds is 9. The Morgan fingerprint density at radius 2 is 1.68 bits per heavy atom. The van der Waals surface area contributed by atoms with Crippen LogP contribution >= 0.6 is 0 Å². The van der Waals surface area contributed by atoms with Crippen molar-refractivity contribution < 1.29 is 17.9 Å². The molecule has 2 aromatic rings. The first-order valence-electron chi connectivity index (χ1n) is 11.6. The van der Waals surface area contributed by atoms with Gasteiger partial charge in [-0.1, -0.05) is 67.8 Å². The lowest BCUT2D eigenvalue weighted by Gasteiger charge is -2.27. The minimum absolute atomic E-state index is 0.0421. The van der Waals surface area contributed by atoms with Gasteiger partial charge >= 0.3 is 0 Å². The maximum absolute atomic E-state index is 15.0. The molecule has 1 saturated carbocycles. The third-order valence-electron chi connectivity index (χ3n) is 6.28. The fourth-order valence-electron chi connectivity index (χ4n) is 4.28. The standard InChI is InChI=1S/C30H31F3O/c1-5-22-9-13-24(14-10-22)26-17-18-27(30(33)29(26)32)25-15-11-23(12-16-25)8-7-20(3)28(31)19-21(4)34-6-2/h5,7-8,11-12,15-19,22,24H,1,3-4,6,9-10,13-14H2,2H3/b8-7+,28-19+. The topological polar surface area (TPSA) is 9.23 Å². The molecule has 1 fully saturated rings. The van der Waals surface area contributed by atoms with Crippen molar-refractivity contribution in [3.8, 4) is 11.1 Å². The Balaban J connectivity index is 1.71. The monoisotopic (exact) mass is 464 g/mol. The average Bonchev–Trinajstić information content (AvgIpc) is 2.85. The van der Waals surface area contributed by atoms with E-state index in [1.165, 1.54) is 12.2 Å². The van der Waals surface area contributed by atoms with Crippen molar-refractivity contribution in [1.29, 1.82) is 0 Å². The van der Waals surface area contributed by atoms with Gasteiger partial charge in [0.2, 0.25) is 0 Å². The van der Waals surface area contributed by atoms with Crippen molar-refractivity contribution in [1.82, 2.24) is 0 Å². The van der Waals surface area contributed by atoms with Crippen molar-refractivity contribution in [3.05, 3.63) is 114 Å². The van der Waals surface area contributed by atoms with Gasteiger partial charge in [0.15, 0.2) is 11.6 Å². The molecule has 1 aliphatic carbocycles. The highest BCUT2D eigenvalue weighted by Crippen LogP contribution is 2.39. The molecule has 0 bridgehead atoms. The van der Waals surface area contributed by atoms with E-state index in [0.29, 0.717) is 23.7 Å². The third-order valence-corrected chi connectivity index (χ3v) is 6.28. The van der Waals surface area contributed by atoms with Gasteiger partial charge in [-0.25, -0.2) is 13.2 Å². The Morgan fingerprint density at radius 3 is 2.29 bits per heavy atom. The molecule has 0 atom stereocenters. The highest BCUT2D eigenvalue weighted by atomic mass is 19.2. The van der Waals surface area contributed by atoms with Crippen LogP contribution in [0.4, 0.5) is 13.2 Å². The molecule has 0 saturated heterocycles. The van der Waals surface area contributed by atoms with Crippen LogP contribution in [0, 0.1) is 17.6 Å². The SMILES string of the molecule is C=CC1CCC(c2ccc(-c3ccc(/C=C/C(=C)/C(F)=C\C(=C)OCC)cc3)c(F)c2F)CC1. The largest absolute Gasteiger partial charge is 0.494 e. The molecule has 0 spiro atoms. The van der Waals surface area contributed by atoms with E-state index in [1.807, 2.05) is 6.08 Å². The molecule has 0 N–H and O–H groups in total. The summed E-state index contributed by atoms with van der Waals surface area (Å²) in [5.41, 5.74) is 2.22. The summed E-state index contributed by atoms with van der Waals surface area (Å²) in [5.74, 6) is -1.38. The van der Waals surface area contributed by atoms with Gasteiger partial charge in [0.1, 0.15) is 11.6 Å². The molecule has 0 amide bonds. The zero-order valence-corrected chi connectivity index (χ0v) is 19.6. The van der Waals surface area contributed by atoms with Crippen LogP contribution < -0.4 is 0 Å². The first-order valence-corrected chi connectivity index (χ1v) is 11.6. The van der Waals surface area contributed by atoms with Gasteiger partial charge in [0.25, 0.3) is 0 Å². The molecule has 178 valence electrons. The molecule has 0 radical (unpaired) electrons. The predicted molar refractivity (Wildman–Crippen MR) is 135 cm³/mol. The number of halogens is 3. The van der Waals surface area contributed by atoms with Gasteiger partial charge < -0.3 is 4.74 Å². The summed E-state index contributed by atoms with van der Waals surface area (Å²) in [6, 6.07) is 10.3. The highest BCUT2D eigenvalue weighted by molar-refractivity contribution is 5.67. The Kier molecular flexibility index (Phi) is 8.75. The Hall–Kier alpha value is -3.27. The summed E-state index contributed by atoms with van der Waals surface area (Å²) in [6.07, 6.45) is 9.98. The van der Waals surface area contributed by atoms with Crippen LogP contribution in [-0.2, 0) is 4.74 Å². The van der Waals surface area contributed by atoms with Crippen molar-refractivity contribution >= 4 is 6.08 Å². The van der Waals surface area contributed by atoms with Crippen LogP contribution in [0.15, 0.2) is 91.5 Å². The normalized spacial score (nSPS) is 18.6. The van der Waals surface area contributed by atoms with E-state index >= 15 is 0 Å². The zero-order chi connectivity index (χ0) is 24.7. The number of ether oxygens (including phenoxy) is 1. The Labute approximate surface area is 200 Å². The maximum Gasteiger partial charge on any atom is 0.166 e. The molecule has 2 aromatic carbocycles. The molecule has 1 aliphatic rings. The fourth-order valence-corrected chi connectivity index (χ4v) is 4.28. The van der Waals surface area contributed by atoms with Gasteiger partial charge in [-0.15, -0.1) is 6.58 Å². The van der Waals surface area contributed by atoms with E-state index < -0.39 is 17.5 Å². The van der Waals surface area contributed by atoms with Gasteiger partial charge in [-0.2, -0.15) is 0 Å². The minimum atomic E-state index is -0.818. The van der Waals surface area contributed by atoms with Crippen molar-refractivity contribution in [2.75, 3.05) is 6.61 Å². The average molecular weight is 465 g/mol. The molecule has 4 heteroatoms. The van der Waals surface area contributed by atoms with Crippen LogP contribution in [0.3, 0.4) is 0 Å². The molecule has 3 rings (SSSR count). The molecule has 0 heterocycles. The smallest absolute Gasteiger partial charge is 0.166 e. The second-order valence-corrected chi connectivity index (χ2v) is 8.55. The lowest BCUT2D eigenvalue weighted by molar-refractivity contribution is 0.243. The fraction of sp³-hybridized carbons (Fsp3) is 0.267. The second kappa shape index (κ2) is 11.7. The van der Waals surface area contributed by atoms with Crippen molar-refractivity contribution in [2.24, 2.45) is 5.92 Å². The van der Waals surface area contributed by atoms with Gasteiger partial charge in [-0.3, -0.25) is 0 Å². The van der Waals surface area contributed by atoms with Crippen LogP contribution in [0.25, 0.3) is 17.2 Å². The molecular formula is C30H31F3O. The Bertz CT molecular complexity index is 1100. The first kappa shape index (κ1) is 25.4. The predicted octanol–water partition coefficient (Wildman–Crippen LogP) is 9.06. The molecule has 0 unspecified atom stereocenters. The van der Waals surface area contributed by atoms with E-state index in [1.54, 1.807) is 49.4 Å². The number of hydrogen-bond donors (Lipinski definition) is 0. The molecule has 1 nitrogen and oxygen atoms in total. The second-order valence-electron chi connectivity index (χ2n) is 8.55. The molecule has 0 aromatic heterocycles. The van der Waals surface area contributed by atoms with E-state index in [4.69, 9.17) is 4.74 Å². The summed E-state index contributed by atoms with van der Waals surface area (Å²) in [7, 11) is 0. The summed E-state index contributed by atoms with van der Waals surface area (Å²) >= 11 is 0. The highest BCUT2D eigenvalue weighted by Gasteiger charge is 2.25. The van der Waals surface area contributed by atoms with E-state index in [0.717, 1.165) is 31.2 Å². The number of hydrogen-bond acceptors (Lipinski definition) is 1. The number of allylic oxidation sites excluding steroid dienone is 5. The number of benzene rings is 2. The lowest BCUT2D eigenvalue weighted by Crippen LogP contribution is -2.13. The van der Waals surface area contributed by atoms with Gasteiger partial charge in [0.05, 0.1) is 6.61 Å². The molecule has 0 aliphatic heterocycles. The van der Waals surface area contributed by atoms with Crippen LogP contribution in [0.1, 0.15) is 49.7 Å². The van der Waals surface area contributed by atoms with E-state index in [9.17, 15) is 13.2 Å². The lowest BCUT2D eigenvalue weighted by atomic mass is 9.78. The van der Waals surface area contributed by atoms with Gasteiger partial charge in [0, 0.05) is 17.2 Å². The van der Waals surface area contributed by atoms with Crippen molar-refractivity contribution in [3.63, 3.8) is 0 Å². The minimum Gasteiger partial charge on any atom is -0.494 e. The van der Waals surface area contributed by atoms with Crippen LogP contribution in [0.2, 0.25) is 0 Å². The van der Waals surface area contributed by atoms with Crippen LogP contribution in [0.5, 0.6) is 0 Å². The summed E-state index contributed by atoms with van der Waals surface area (Å²) in [6.45, 7) is 13.3. The quantitative estimate of drug-likeness (QED) is 0.204. The molecule has 34 heavy (non-hydrogen) atoms. The summed E-state index contributed by atoms with van der Waals surface area (Å²) in [4.78, 5) is 0. The third kappa shape index (κ3) is 6.19. The van der Waals surface area contributed by atoms with E-state index in [2.05, 4.69) is 19.7 Å². The van der Waals surface area contributed by atoms with Gasteiger partial charge in [-0.05, 0) is 61.1 Å². The maximum atomic E-state index is 15.0. The van der Waals surface area contributed by atoms with Crippen molar-refractivity contribution in [2.45, 2.75) is 38.5 Å². The van der Waals surface area contributed by atoms with E-state index in [-0.39, 0.29) is 22.8 Å². The summed E-state index contributed by atoms with van der Waals surface area (Å²) < 4.78 is 49.2. The Morgan fingerprint density at radius 1 is 1.00 bits per heavy atom. The summed E-state index contributed by atoms with van der Waals surface area (Å²) in [5, 5.41) is 0. The van der Waals surface area contributed by atoms with Crippen LogP contribution in [-0.4, -0.2) is 6.61 Å². The zero-order valence-electron chi connectivity index (χ0n) is 19.6.